The fraction of sp³-hybridized carbons (Fsp3) is 0.286. The molecule has 2 aliphatic rings. The summed E-state index contributed by atoms with van der Waals surface area (Å²) < 4.78 is 28.8. The molecule has 1 fully saturated rings. The number of thioether (sulfide) groups is 2. The van der Waals surface area contributed by atoms with Crippen LogP contribution in [0.2, 0.25) is 0 Å². The molecule has 2 amide bonds. The molecule has 204 valence electrons. The van der Waals surface area contributed by atoms with Crippen molar-refractivity contribution >= 4 is 67.8 Å². The number of carbonyl (C=O) groups excluding carboxylic acids is 2. The van der Waals surface area contributed by atoms with Crippen molar-refractivity contribution in [2.24, 2.45) is 7.05 Å². The van der Waals surface area contributed by atoms with E-state index in [-0.39, 0.29) is 27.9 Å². The summed E-state index contributed by atoms with van der Waals surface area (Å²) in [5, 5.41) is 25.2. The topological polar surface area (TPSA) is 189 Å². The highest BCUT2D eigenvalue weighted by Crippen LogP contribution is 2.41. The van der Waals surface area contributed by atoms with E-state index < -0.39 is 39.2 Å². The van der Waals surface area contributed by atoms with Crippen LogP contribution in [0.4, 0.5) is 5.13 Å². The molecule has 2 aliphatic heterocycles. The third kappa shape index (κ3) is 5.63. The fourth-order valence-electron chi connectivity index (χ4n) is 3.89. The number of benzene rings is 1. The molecular weight excluding hydrogens is 589 g/mol. The second-order valence-electron chi connectivity index (χ2n) is 8.33. The van der Waals surface area contributed by atoms with Gasteiger partial charge in [-0.2, -0.15) is 0 Å². The molecule has 3 N–H and O–H groups in total. The van der Waals surface area contributed by atoms with Crippen LogP contribution in [0.3, 0.4) is 0 Å². The molecule has 0 bridgehead atoms. The van der Waals surface area contributed by atoms with E-state index in [0.717, 1.165) is 11.3 Å². The van der Waals surface area contributed by atoms with Crippen LogP contribution in [-0.2, 0) is 37.9 Å². The minimum atomic E-state index is -3.82. The molecule has 1 aromatic carbocycles. The van der Waals surface area contributed by atoms with Crippen LogP contribution < -0.4 is 10.0 Å². The van der Waals surface area contributed by atoms with Gasteiger partial charge >= 0.3 is 5.97 Å². The van der Waals surface area contributed by atoms with E-state index in [2.05, 4.69) is 30.5 Å². The summed E-state index contributed by atoms with van der Waals surface area (Å²) >= 11 is 3.65. The van der Waals surface area contributed by atoms with Crippen molar-refractivity contribution in [3.63, 3.8) is 0 Å². The molecule has 0 radical (unpaired) electrons. The molecule has 14 nitrogen and oxygen atoms in total. The van der Waals surface area contributed by atoms with E-state index in [1.807, 2.05) is 0 Å². The Morgan fingerprint density at radius 3 is 2.72 bits per heavy atom. The Labute approximate surface area is 234 Å². The lowest BCUT2D eigenvalue weighted by molar-refractivity contribution is -0.150. The third-order valence-corrected chi connectivity index (χ3v) is 10.4. The van der Waals surface area contributed by atoms with Crippen molar-refractivity contribution in [2.75, 3.05) is 16.2 Å². The maximum atomic E-state index is 12.9. The zero-order valence-electron chi connectivity index (χ0n) is 20.0. The Bertz CT molecular complexity index is 1570. The standard InChI is InChI=1S/C21H20N8O6S4/c1-28-21(24-26-27-28)38-9-11-8-36-18-15(17(31)29(18)16(11)19(32)33)23-14(30)7-12-10-37-20(22-12)25-39(34,35)13-5-3-2-4-6-13/h2-6,10,15,18H,7-9H2,1H3,(H,22,25)(H,23,30)(H,32,33)/t15?,18-/m1/s1. The molecule has 0 saturated carbocycles. The second-order valence-corrected chi connectivity index (χ2v) is 12.9. The van der Waals surface area contributed by atoms with Gasteiger partial charge in [0.1, 0.15) is 17.1 Å². The van der Waals surface area contributed by atoms with Crippen molar-refractivity contribution in [1.29, 1.82) is 0 Å². The van der Waals surface area contributed by atoms with Gasteiger partial charge in [0, 0.05) is 23.9 Å². The summed E-state index contributed by atoms with van der Waals surface area (Å²) in [6.07, 6.45) is -0.181. The van der Waals surface area contributed by atoms with Crippen molar-refractivity contribution in [3.8, 4) is 0 Å². The van der Waals surface area contributed by atoms with Gasteiger partial charge in [0.25, 0.3) is 15.9 Å². The van der Waals surface area contributed by atoms with Crippen LogP contribution in [0.1, 0.15) is 5.69 Å². The summed E-state index contributed by atoms with van der Waals surface area (Å²) in [6, 6.07) is 6.93. The first-order valence-corrected chi connectivity index (χ1v) is 15.6. The number of aromatic nitrogens is 5. The molecule has 2 aromatic heterocycles. The lowest BCUT2D eigenvalue weighted by atomic mass is 10.0. The zero-order chi connectivity index (χ0) is 27.7. The minimum absolute atomic E-state index is 0.0831. The highest BCUT2D eigenvalue weighted by atomic mass is 32.2. The van der Waals surface area contributed by atoms with Crippen molar-refractivity contribution in [3.05, 3.63) is 52.7 Å². The number of carbonyl (C=O) groups is 3. The van der Waals surface area contributed by atoms with E-state index in [1.54, 1.807) is 30.6 Å². The molecule has 18 heteroatoms. The van der Waals surface area contributed by atoms with Gasteiger partial charge in [0.05, 0.1) is 17.0 Å². The number of hydrogen-bond acceptors (Lipinski definition) is 12. The fourth-order valence-corrected chi connectivity index (χ4v) is 8.21. The first-order valence-electron chi connectivity index (χ1n) is 11.2. The van der Waals surface area contributed by atoms with Gasteiger partial charge in [-0.05, 0) is 28.1 Å². The Kier molecular flexibility index (Phi) is 7.61. The zero-order valence-corrected chi connectivity index (χ0v) is 23.3. The highest BCUT2D eigenvalue weighted by Gasteiger charge is 2.54. The molecule has 0 aliphatic carbocycles. The lowest BCUT2D eigenvalue weighted by Gasteiger charge is -2.49. The predicted molar refractivity (Wildman–Crippen MR) is 142 cm³/mol. The Hall–Kier alpha value is -3.48. The van der Waals surface area contributed by atoms with Gasteiger partial charge in [-0.1, -0.05) is 30.0 Å². The van der Waals surface area contributed by atoms with Crippen molar-refractivity contribution < 1.29 is 27.9 Å². The Balaban J connectivity index is 1.20. The maximum Gasteiger partial charge on any atom is 0.352 e. The molecule has 3 aromatic rings. The number of carboxylic acid groups (broad SMARTS) is 1. The summed E-state index contributed by atoms with van der Waals surface area (Å²) in [7, 11) is -2.15. The average molecular weight is 609 g/mol. The van der Waals surface area contributed by atoms with Crippen LogP contribution >= 0.6 is 34.9 Å². The smallest absolute Gasteiger partial charge is 0.352 e. The van der Waals surface area contributed by atoms with Gasteiger partial charge < -0.3 is 10.4 Å². The first-order chi connectivity index (χ1) is 18.6. The first kappa shape index (κ1) is 27.1. The Morgan fingerprint density at radius 2 is 2.03 bits per heavy atom. The number of aliphatic carboxylic acids is 1. The number of amides is 2. The number of tetrazole rings is 1. The quantitative estimate of drug-likeness (QED) is 0.214. The lowest BCUT2D eigenvalue weighted by Crippen LogP contribution is -2.70. The van der Waals surface area contributed by atoms with Crippen molar-refractivity contribution in [2.45, 2.75) is 27.9 Å². The Morgan fingerprint density at radius 1 is 1.26 bits per heavy atom. The number of rotatable bonds is 10. The van der Waals surface area contributed by atoms with Crippen LogP contribution in [0.15, 0.2) is 57.0 Å². The molecule has 5 rings (SSSR count). The normalized spacial score (nSPS) is 18.9. The number of fused-ring (bicyclic) bond motifs is 1. The van der Waals surface area contributed by atoms with Gasteiger partial charge in [0.2, 0.25) is 11.1 Å². The maximum absolute atomic E-state index is 12.9. The van der Waals surface area contributed by atoms with Crippen LogP contribution in [0.5, 0.6) is 0 Å². The molecular formula is C21H20N8O6S4. The number of hydrogen-bond donors (Lipinski definition) is 3. The number of β-lactam (4-membered cyclic amide) rings is 1. The number of anilines is 1. The number of nitrogens with zero attached hydrogens (tertiary/aromatic N) is 6. The largest absolute Gasteiger partial charge is 0.477 e. The van der Waals surface area contributed by atoms with E-state index in [9.17, 15) is 27.9 Å². The van der Waals surface area contributed by atoms with E-state index in [1.165, 1.54) is 45.2 Å². The molecule has 1 saturated heterocycles. The third-order valence-electron chi connectivity index (χ3n) is 5.69. The summed E-state index contributed by atoms with van der Waals surface area (Å²) in [5.41, 5.74) is 0.793. The number of sulfonamides is 1. The van der Waals surface area contributed by atoms with E-state index in [0.29, 0.717) is 22.2 Å². The molecule has 39 heavy (non-hydrogen) atoms. The number of nitrogens with one attached hydrogen (secondary N) is 2. The van der Waals surface area contributed by atoms with E-state index in [4.69, 9.17) is 0 Å². The van der Waals surface area contributed by atoms with Gasteiger partial charge in [-0.3, -0.25) is 19.2 Å². The highest BCUT2D eigenvalue weighted by molar-refractivity contribution is 8.01. The van der Waals surface area contributed by atoms with Gasteiger partial charge in [-0.25, -0.2) is 22.9 Å². The number of aryl methyl sites for hydroxylation is 1. The predicted octanol–water partition coefficient (Wildman–Crippen LogP) is 0.541. The van der Waals surface area contributed by atoms with Crippen LogP contribution in [0.25, 0.3) is 0 Å². The minimum Gasteiger partial charge on any atom is -0.477 e. The van der Waals surface area contributed by atoms with E-state index >= 15 is 0 Å². The summed E-state index contributed by atoms with van der Waals surface area (Å²) in [4.78, 5) is 43.1. The molecule has 4 heterocycles. The van der Waals surface area contributed by atoms with Crippen LogP contribution in [-0.4, -0.2) is 84.3 Å². The summed E-state index contributed by atoms with van der Waals surface area (Å²) in [6.45, 7) is 0. The number of thiazole rings is 1. The number of carboxylic acids is 1. The van der Waals surface area contributed by atoms with Gasteiger partial charge in [0.15, 0.2) is 5.13 Å². The molecule has 0 spiro atoms. The second kappa shape index (κ2) is 10.9. The summed E-state index contributed by atoms with van der Waals surface area (Å²) in [5.74, 6) is -1.59. The average Bonchev–Trinajstić information content (AvgIpc) is 3.53. The van der Waals surface area contributed by atoms with Crippen molar-refractivity contribution in [1.82, 2.24) is 35.4 Å². The van der Waals surface area contributed by atoms with Crippen LogP contribution in [0, 0.1) is 0 Å². The monoisotopic (exact) mass is 608 g/mol. The SMILES string of the molecule is Cn1nnnc1SCC1=C(C(=O)O)N2C(=O)C(NC(=O)Cc3csc(NS(=O)(=O)c4ccccc4)n3)[C@H]2SC1. The molecule has 2 atom stereocenters. The van der Waals surface area contributed by atoms with Gasteiger partial charge in [-0.15, -0.1) is 28.2 Å². The molecule has 1 unspecified atom stereocenters.